The Kier molecular flexibility index (Phi) is 8.36. The zero-order chi connectivity index (χ0) is 13.4. The first-order valence-electron chi connectivity index (χ1n) is 7.70. The number of rotatable bonds is 8. The molecule has 1 heterocycles. The molecule has 0 spiro atoms. The second-order valence-corrected chi connectivity index (χ2v) is 6.39. The minimum Gasteiger partial charge on any atom is -0.392 e. The molecule has 2 nitrogen and oxygen atoms in total. The van der Waals surface area contributed by atoms with Gasteiger partial charge in [0.05, 0.1) is 6.10 Å². The topological polar surface area (TPSA) is 23.5 Å². The van der Waals surface area contributed by atoms with Crippen LogP contribution in [0.15, 0.2) is 0 Å². The fraction of sp³-hybridized carbons (Fsp3) is 1.00. The van der Waals surface area contributed by atoms with Crippen LogP contribution in [0.3, 0.4) is 0 Å². The molecule has 1 aliphatic heterocycles. The number of aliphatic hydroxyl groups is 1. The Morgan fingerprint density at radius 1 is 1.39 bits per heavy atom. The van der Waals surface area contributed by atoms with Crippen LogP contribution >= 0.6 is 12.6 Å². The minimum atomic E-state index is -0.0944. The lowest BCUT2D eigenvalue weighted by Gasteiger charge is -2.38. The summed E-state index contributed by atoms with van der Waals surface area (Å²) >= 11 is 4.34. The van der Waals surface area contributed by atoms with Crippen LogP contribution in [0, 0.1) is 5.92 Å². The van der Waals surface area contributed by atoms with Gasteiger partial charge in [-0.05, 0) is 50.3 Å². The van der Waals surface area contributed by atoms with E-state index in [0.29, 0.717) is 6.04 Å². The molecule has 0 radical (unpaired) electrons. The van der Waals surface area contributed by atoms with E-state index in [1.54, 1.807) is 0 Å². The Morgan fingerprint density at radius 3 is 2.78 bits per heavy atom. The molecule has 3 unspecified atom stereocenters. The Hall–Kier alpha value is 0.270. The summed E-state index contributed by atoms with van der Waals surface area (Å²) in [6.45, 7) is 6.68. The molecule has 1 N–H and O–H groups in total. The van der Waals surface area contributed by atoms with Crippen LogP contribution in [0.25, 0.3) is 0 Å². The van der Waals surface area contributed by atoms with Gasteiger partial charge in [-0.15, -0.1) is 0 Å². The van der Waals surface area contributed by atoms with Crippen molar-refractivity contribution in [3.63, 3.8) is 0 Å². The predicted molar refractivity (Wildman–Crippen MR) is 82.4 cm³/mol. The summed E-state index contributed by atoms with van der Waals surface area (Å²) in [4.78, 5) is 2.54. The summed E-state index contributed by atoms with van der Waals surface area (Å²) < 4.78 is 0. The van der Waals surface area contributed by atoms with Gasteiger partial charge in [0.25, 0.3) is 0 Å². The van der Waals surface area contributed by atoms with E-state index in [2.05, 4.69) is 31.4 Å². The molecule has 0 aromatic rings. The van der Waals surface area contributed by atoms with Crippen molar-refractivity contribution in [2.75, 3.05) is 18.8 Å². The molecule has 1 fully saturated rings. The molecule has 1 rings (SSSR count). The Balaban J connectivity index is 2.47. The standard InChI is InChI=1S/C15H31NOS/c1-3-4-6-14(11-13(2)8-10-18)16-9-5-7-15(17)12-16/h13-15,17-18H,3-12H2,1-2H3. The van der Waals surface area contributed by atoms with Gasteiger partial charge in [-0.2, -0.15) is 12.6 Å². The smallest absolute Gasteiger partial charge is 0.0667 e. The van der Waals surface area contributed by atoms with Crippen molar-refractivity contribution in [3.8, 4) is 0 Å². The summed E-state index contributed by atoms with van der Waals surface area (Å²) in [7, 11) is 0. The molecule has 0 aliphatic carbocycles. The van der Waals surface area contributed by atoms with Gasteiger partial charge in [-0.25, -0.2) is 0 Å². The lowest BCUT2D eigenvalue weighted by Crippen LogP contribution is -2.45. The number of aliphatic hydroxyl groups excluding tert-OH is 1. The summed E-state index contributed by atoms with van der Waals surface area (Å²) in [5.74, 6) is 1.74. The van der Waals surface area contributed by atoms with Gasteiger partial charge in [0.2, 0.25) is 0 Å². The van der Waals surface area contributed by atoms with Crippen molar-refractivity contribution in [3.05, 3.63) is 0 Å². The third-order valence-corrected chi connectivity index (χ3v) is 4.39. The molecule has 3 heteroatoms. The zero-order valence-electron chi connectivity index (χ0n) is 12.1. The summed E-state index contributed by atoms with van der Waals surface area (Å²) in [5, 5.41) is 9.84. The first-order valence-corrected chi connectivity index (χ1v) is 8.33. The van der Waals surface area contributed by atoms with Gasteiger partial charge >= 0.3 is 0 Å². The summed E-state index contributed by atoms with van der Waals surface area (Å²) in [5.41, 5.74) is 0. The highest BCUT2D eigenvalue weighted by Crippen LogP contribution is 2.23. The predicted octanol–water partition coefficient (Wildman–Crippen LogP) is 3.35. The van der Waals surface area contributed by atoms with Crippen molar-refractivity contribution in [1.29, 1.82) is 0 Å². The van der Waals surface area contributed by atoms with E-state index in [4.69, 9.17) is 0 Å². The summed E-state index contributed by atoms with van der Waals surface area (Å²) in [6.07, 6.45) is 8.41. The number of thiol groups is 1. The van der Waals surface area contributed by atoms with Crippen LogP contribution in [0.1, 0.15) is 58.8 Å². The van der Waals surface area contributed by atoms with E-state index in [9.17, 15) is 5.11 Å². The SMILES string of the molecule is CCCCC(CC(C)CCS)N1CCCC(O)C1. The molecule has 0 aromatic heterocycles. The molecule has 0 bridgehead atoms. The molecule has 1 saturated heterocycles. The number of β-amino-alcohol motifs (C(OH)–C–C–N with tert-alkyl or cyclic N) is 1. The normalized spacial score (nSPS) is 25.0. The van der Waals surface area contributed by atoms with E-state index in [-0.39, 0.29) is 6.10 Å². The lowest BCUT2D eigenvalue weighted by atomic mass is 9.93. The van der Waals surface area contributed by atoms with Crippen LogP contribution in [-0.2, 0) is 0 Å². The maximum atomic E-state index is 9.84. The third kappa shape index (κ3) is 5.94. The Bertz CT molecular complexity index is 213. The fourth-order valence-corrected chi connectivity index (χ4v) is 3.45. The van der Waals surface area contributed by atoms with E-state index in [0.717, 1.165) is 31.1 Å². The number of likely N-dealkylation sites (tertiary alicyclic amines) is 1. The van der Waals surface area contributed by atoms with Crippen LogP contribution in [0.4, 0.5) is 0 Å². The third-order valence-electron chi connectivity index (χ3n) is 4.13. The monoisotopic (exact) mass is 273 g/mol. The number of piperidine rings is 1. The highest BCUT2D eigenvalue weighted by molar-refractivity contribution is 7.80. The minimum absolute atomic E-state index is 0.0944. The van der Waals surface area contributed by atoms with Crippen molar-refractivity contribution in [1.82, 2.24) is 4.90 Å². The average molecular weight is 273 g/mol. The molecule has 0 aromatic carbocycles. The second-order valence-electron chi connectivity index (χ2n) is 5.94. The first kappa shape index (κ1) is 16.3. The van der Waals surface area contributed by atoms with Gasteiger partial charge in [0, 0.05) is 12.6 Å². The summed E-state index contributed by atoms with van der Waals surface area (Å²) in [6, 6.07) is 0.676. The lowest BCUT2D eigenvalue weighted by molar-refractivity contribution is 0.0369. The van der Waals surface area contributed by atoms with Gasteiger partial charge in [0.1, 0.15) is 0 Å². The highest BCUT2D eigenvalue weighted by atomic mass is 32.1. The number of nitrogens with zero attached hydrogens (tertiary/aromatic N) is 1. The molecular weight excluding hydrogens is 242 g/mol. The van der Waals surface area contributed by atoms with Crippen molar-refractivity contribution >= 4 is 12.6 Å². The van der Waals surface area contributed by atoms with Crippen molar-refractivity contribution in [2.45, 2.75) is 70.9 Å². The molecular formula is C15H31NOS. The maximum Gasteiger partial charge on any atom is 0.0667 e. The van der Waals surface area contributed by atoms with E-state index in [1.165, 1.54) is 38.6 Å². The quantitative estimate of drug-likeness (QED) is 0.663. The molecule has 108 valence electrons. The van der Waals surface area contributed by atoms with Gasteiger partial charge < -0.3 is 5.11 Å². The van der Waals surface area contributed by atoms with E-state index < -0.39 is 0 Å². The Labute approximate surface area is 119 Å². The molecule has 1 aliphatic rings. The largest absolute Gasteiger partial charge is 0.392 e. The number of hydrogen-bond donors (Lipinski definition) is 2. The molecule has 3 atom stereocenters. The fourth-order valence-electron chi connectivity index (χ4n) is 3.01. The first-order chi connectivity index (χ1) is 8.67. The van der Waals surface area contributed by atoms with Gasteiger partial charge in [-0.1, -0.05) is 26.7 Å². The van der Waals surface area contributed by atoms with Crippen molar-refractivity contribution in [2.24, 2.45) is 5.92 Å². The molecule has 18 heavy (non-hydrogen) atoms. The maximum absolute atomic E-state index is 9.84. The second kappa shape index (κ2) is 9.22. The molecule has 0 saturated carbocycles. The van der Waals surface area contributed by atoms with E-state index in [1.807, 2.05) is 0 Å². The van der Waals surface area contributed by atoms with Crippen molar-refractivity contribution < 1.29 is 5.11 Å². The Morgan fingerprint density at radius 2 is 2.17 bits per heavy atom. The zero-order valence-corrected chi connectivity index (χ0v) is 13.0. The van der Waals surface area contributed by atoms with E-state index >= 15 is 0 Å². The van der Waals surface area contributed by atoms with Crippen LogP contribution in [-0.4, -0.2) is 41.0 Å². The van der Waals surface area contributed by atoms with Gasteiger partial charge in [0.15, 0.2) is 0 Å². The van der Waals surface area contributed by atoms with Gasteiger partial charge in [-0.3, -0.25) is 4.90 Å². The van der Waals surface area contributed by atoms with Crippen LogP contribution < -0.4 is 0 Å². The number of unbranched alkanes of at least 4 members (excludes halogenated alkanes) is 1. The van der Waals surface area contributed by atoms with Crippen LogP contribution in [0.2, 0.25) is 0 Å². The number of hydrogen-bond acceptors (Lipinski definition) is 3. The molecule has 0 amide bonds. The highest BCUT2D eigenvalue weighted by Gasteiger charge is 2.25. The average Bonchev–Trinajstić information content (AvgIpc) is 2.34. The van der Waals surface area contributed by atoms with Crippen LogP contribution in [0.5, 0.6) is 0 Å².